The molecule has 0 aliphatic carbocycles. The highest BCUT2D eigenvalue weighted by molar-refractivity contribution is 7.91. The average molecular weight is 591 g/mol. The van der Waals surface area contributed by atoms with E-state index in [1.807, 2.05) is 109 Å². The van der Waals surface area contributed by atoms with Gasteiger partial charge in [-0.15, -0.1) is 0 Å². The number of nitrogens with one attached hydrogen (secondary N) is 1. The quantitative estimate of drug-likeness (QED) is 0.222. The van der Waals surface area contributed by atoms with Gasteiger partial charge in [-0.1, -0.05) is 60.7 Å². The number of piperazine rings is 1. The molecule has 4 aromatic carbocycles. The molecule has 1 saturated heterocycles. The molecule has 0 saturated carbocycles. The van der Waals surface area contributed by atoms with Crippen LogP contribution < -0.4 is 15.1 Å². The Labute approximate surface area is 252 Å². The zero-order valence-corrected chi connectivity index (χ0v) is 24.7. The summed E-state index contributed by atoms with van der Waals surface area (Å²) in [6.45, 7) is 3.65. The molecule has 218 valence electrons. The fourth-order valence-electron chi connectivity index (χ4n) is 5.69. The minimum atomic E-state index is -3.65. The largest absolute Gasteiger partial charge is 0.368 e. The van der Waals surface area contributed by atoms with Crippen LogP contribution in [0.5, 0.6) is 0 Å². The first-order chi connectivity index (χ1) is 20.9. The number of carbonyl (C=O) groups excluding carboxylic acids is 1. The fourth-order valence-corrected chi connectivity index (χ4v) is 7.30. The first kappa shape index (κ1) is 28.4. The minimum Gasteiger partial charge on any atom is -0.368 e. The number of rotatable bonds is 9. The molecule has 0 unspecified atom stereocenters. The minimum absolute atomic E-state index is 0.0511. The van der Waals surface area contributed by atoms with Gasteiger partial charge < -0.3 is 15.1 Å². The van der Waals surface area contributed by atoms with Crippen LogP contribution in [-0.2, 0) is 14.6 Å². The summed E-state index contributed by atoms with van der Waals surface area (Å²) in [6, 6.07) is 34.2. The Bertz CT molecular complexity index is 1790. The molecule has 1 fully saturated rings. The van der Waals surface area contributed by atoms with Crippen molar-refractivity contribution in [2.24, 2.45) is 0 Å². The summed E-state index contributed by atoms with van der Waals surface area (Å²) in [5.41, 5.74) is 3.80. The summed E-state index contributed by atoms with van der Waals surface area (Å²) in [6.07, 6.45) is 3.69. The van der Waals surface area contributed by atoms with Crippen molar-refractivity contribution in [3.8, 4) is 0 Å². The fraction of sp³-hybridized carbons (Fsp3) is 0.200. The van der Waals surface area contributed by atoms with Crippen molar-refractivity contribution in [3.63, 3.8) is 0 Å². The number of nitrogens with zero attached hydrogens (tertiary/aromatic N) is 3. The number of sulfone groups is 1. The number of anilines is 3. The Hall–Kier alpha value is -4.69. The van der Waals surface area contributed by atoms with Crippen LogP contribution in [0.3, 0.4) is 0 Å². The lowest BCUT2D eigenvalue weighted by Crippen LogP contribution is -2.46. The second-order valence-electron chi connectivity index (χ2n) is 10.9. The summed E-state index contributed by atoms with van der Waals surface area (Å²) in [7, 11) is -3.65. The molecule has 5 aromatic rings. The Morgan fingerprint density at radius 2 is 1.33 bits per heavy atom. The molecule has 1 aromatic heterocycles. The van der Waals surface area contributed by atoms with Crippen LogP contribution in [0.15, 0.2) is 126 Å². The lowest BCUT2D eigenvalue weighted by Gasteiger charge is -2.37. The van der Waals surface area contributed by atoms with Crippen molar-refractivity contribution in [2.75, 3.05) is 47.0 Å². The third kappa shape index (κ3) is 6.87. The molecule has 1 atom stereocenters. The topological polar surface area (TPSA) is 82.6 Å². The Morgan fingerprint density at radius 1 is 0.721 bits per heavy atom. The second kappa shape index (κ2) is 12.7. The standard InChI is InChI=1S/C35H34N4O3S/c40-35(37-31-11-13-32(14-12-31)38-20-22-39(23-21-38)33-16-18-36-19-17-33)25-30(27-6-2-1-3-7-27)26-43(41,42)34-15-10-28-8-4-5-9-29(28)24-34/h1-19,24,30H,20-23,25-26H2,(H,37,40)/t30-/m0/s1. The van der Waals surface area contributed by atoms with Gasteiger partial charge in [0.25, 0.3) is 0 Å². The highest BCUT2D eigenvalue weighted by atomic mass is 32.2. The zero-order valence-electron chi connectivity index (χ0n) is 23.8. The van der Waals surface area contributed by atoms with Crippen LogP contribution in [-0.4, -0.2) is 51.2 Å². The number of aromatic nitrogens is 1. The van der Waals surface area contributed by atoms with Gasteiger partial charge in [-0.3, -0.25) is 9.78 Å². The third-order valence-corrected chi connectivity index (χ3v) is 9.84. The number of hydrogen-bond donors (Lipinski definition) is 1. The molecule has 1 aliphatic heterocycles. The second-order valence-corrected chi connectivity index (χ2v) is 12.9. The van der Waals surface area contributed by atoms with Crippen LogP contribution in [0.25, 0.3) is 10.8 Å². The maximum Gasteiger partial charge on any atom is 0.225 e. The maximum atomic E-state index is 13.5. The van der Waals surface area contributed by atoms with Gasteiger partial charge in [0.2, 0.25) is 5.91 Å². The van der Waals surface area contributed by atoms with Gasteiger partial charge >= 0.3 is 0 Å². The number of hydrogen-bond acceptors (Lipinski definition) is 6. The molecule has 8 heteroatoms. The highest BCUT2D eigenvalue weighted by Crippen LogP contribution is 2.28. The van der Waals surface area contributed by atoms with E-state index in [9.17, 15) is 13.2 Å². The van der Waals surface area contributed by atoms with E-state index in [0.29, 0.717) is 5.69 Å². The number of benzene rings is 4. The molecule has 1 N–H and O–H groups in total. The predicted octanol–water partition coefficient (Wildman–Crippen LogP) is 6.15. The van der Waals surface area contributed by atoms with Gasteiger partial charge in [0, 0.05) is 68.0 Å². The van der Waals surface area contributed by atoms with E-state index in [-0.39, 0.29) is 23.0 Å². The predicted molar refractivity (Wildman–Crippen MR) is 174 cm³/mol. The Kier molecular flexibility index (Phi) is 8.38. The summed E-state index contributed by atoms with van der Waals surface area (Å²) in [5, 5.41) is 4.84. The molecule has 2 heterocycles. The summed E-state index contributed by atoms with van der Waals surface area (Å²) in [4.78, 5) is 22.3. The molecule has 1 aliphatic rings. The number of pyridine rings is 1. The number of carbonyl (C=O) groups is 1. The highest BCUT2D eigenvalue weighted by Gasteiger charge is 2.25. The van der Waals surface area contributed by atoms with Crippen LogP contribution in [0.4, 0.5) is 17.1 Å². The molecule has 0 bridgehead atoms. The van der Waals surface area contributed by atoms with E-state index in [1.54, 1.807) is 12.1 Å². The van der Waals surface area contributed by atoms with E-state index < -0.39 is 15.8 Å². The van der Waals surface area contributed by atoms with Crippen molar-refractivity contribution in [1.29, 1.82) is 0 Å². The summed E-state index contributed by atoms with van der Waals surface area (Å²) in [5.74, 6) is -0.873. The van der Waals surface area contributed by atoms with Crippen LogP contribution in [0, 0.1) is 0 Å². The van der Waals surface area contributed by atoms with Crippen molar-refractivity contribution in [3.05, 3.63) is 127 Å². The van der Waals surface area contributed by atoms with E-state index >= 15 is 0 Å². The average Bonchev–Trinajstić information content (AvgIpc) is 3.05. The van der Waals surface area contributed by atoms with E-state index in [1.165, 1.54) is 5.69 Å². The Morgan fingerprint density at radius 3 is 2.00 bits per heavy atom. The van der Waals surface area contributed by atoms with Crippen molar-refractivity contribution in [1.82, 2.24) is 4.98 Å². The molecule has 0 spiro atoms. The first-order valence-electron chi connectivity index (χ1n) is 14.5. The van der Waals surface area contributed by atoms with Gasteiger partial charge in [-0.2, -0.15) is 0 Å². The Balaban J connectivity index is 1.10. The number of amides is 1. The van der Waals surface area contributed by atoms with Gasteiger partial charge in [-0.25, -0.2) is 8.42 Å². The number of fused-ring (bicyclic) bond motifs is 1. The monoisotopic (exact) mass is 590 g/mol. The molecular weight excluding hydrogens is 556 g/mol. The summed E-state index contributed by atoms with van der Waals surface area (Å²) >= 11 is 0. The molecule has 0 radical (unpaired) electrons. The van der Waals surface area contributed by atoms with Crippen LogP contribution in [0.1, 0.15) is 17.9 Å². The van der Waals surface area contributed by atoms with Crippen molar-refractivity contribution in [2.45, 2.75) is 17.2 Å². The van der Waals surface area contributed by atoms with Crippen LogP contribution >= 0.6 is 0 Å². The SMILES string of the molecule is O=C(C[C@@H](CS(=O)(=O)c1ccc2ccccc2c1)c1ccccc1)Nc1ccc(N2CCN(c3ccncc3)CC2)cc1. The first-order valence-corrected chi connectivity index (χ1v) is 16.2. The van der Waals surface area contributed by atoms with E-state index in [4.69, 9.17) is 0 Å². The van der Waals surface area contributed by atoms with Gasteiger partial charge in [0.1, 0.15) is 0 Å². The smallest absolute Gasteiger partial charge is 0.225 e. The zero-order chi connectivity index (χ0) is 29.6. The van der Waals surface area contributed by atoms with Gasteiger partial charge in [0.15, 0.2) is 9.84 Å². The molecule has 7 nitrogen and oxygen atoms in total. The van der Waals surface area contributed by atoms with Gasteiger partial charge in [0.05, 0.1) is 10.6 Å². The van der Waals surface area contributed by atoms with Gasteiger partial charge in [-0.05, 0) is 64.9 Å². The van der Waals surface area contributed by atoms with E-state index in [0.717, 1.165) is 48.2 Å². The molecule has 6 rings (SSSR count). The lowest BCUT2D eigenvalue weighted by atomic mass is 9.97. The lowest BCUT2D eigenvalue weighted by molar-refractivity contribution is -0.116. The summed E-state index contributed by atoms with van der Waals surface area (Å²) < 4.78 is 27.1. The van der Waals surface area contributed by atoms with Crippen molar-refractivity contribution < 1.29 is 13.2 Å². The molecule has 43 heavy (non-hydrogen) atoms. The molecular formula is C35H34N4O3S. The maximum absolute atomic E-state index is 13.5. The molecule has 1 amide bonds. The van der Waals surface area contributed by atoms with E-state index in [2.05, 4.69) is 20.1 Å². The normalized spacial score (nSPS) is 14.4. The third-order valence-electron chi connectivity index (χ3n) is 8.03. The van der Waals surface area contributed by atoms with Crippen molar-refractivity contribution >= 4 is 43.6 Å². The van der Waals surface area contributed by atoms with Crippen LogP contribution in [0.2, 0.25) is 0 Å².